The molecule has 0 rings (SSSR count). The molecule has 0 spiro atoms. The SMILES string of the molecule is CC.CCCN(CC)CCOC(=O)C(C)(CC(C)C)C(C)C. The zero-order valence-electron chi connectivity index (χ0n) is 16.7. The van der Waals surface area contributed by atoms with Crippen molar-refractivity contribution in [3.63, 3.8) is 0 Å². The van der Waals surface area contributed by atoms with E-state index in [1.54, 1.807) is 0 Å². The highest BCUT2D eigenvalue weighted by Crippen LogP contribution is 2.35. The Labute approximate surface area is 139 Å². The zero-order chi connectivity index (χ0) is 17.8. The minimum atomic E-state index is -0.365. The summed E-state index contributed by atoms with van der Waals surface area (Å²) in [5, 5.41) is 0. The van der Waals surface area contributed by atoms with Crippen molar-refractivity contribution in [2.75, 3.05) is 26.2 Å². The Kier molecular flexibility index (Phi) is 13.9. The average molecular weight is 316 g/mol. The fourth-order valence-electron chi connectivity index (χ4n) is 2.58. The van der Waals surface area contributed by atoms with Crippen LogP contribution in [0.3, 0.4) is 0 Å². The average Bonchev–Trinajstić information content (AvgIpc) is 2.47. The summed E-state index contributed by atoms with van der Waals surface area (Å²) in [7, 11) is 0. The van der Waals surface area contributed by atoms with Crippen molar-refractivity contribution in [2.24, 2.45) is 17.3 Å². The van der Waals surface area contributed by atoms with Crippen LogP contribution < -0.4 is 0 Å². The second kappa shape index (κ2) is 12.9. The maximum atomic E-state index is 12.4. The summed E-state index contributed by atoms with van der Waals surface area (Å²) in [4.78, 5) is 14.8. The fraction of sp³-hybridized carbons (Fsp3) is 0.947. The van der Waals surface area contributed by atoms with Crippen molar-refractivity contribution < 1.29 is 9.53 Å². The molecular weight excluding hydrogens is 274 g/mol. The van der Waals surface area contributed by atoms with Crippen LogP contribution in [0.15, 0.2) is 0 Å². The predicted octanol–water partition coefficient (Wildman–Crippen LogP) is 5.00. The van der Waals surface area contributed by atoms with Crippen LogP contribution >= 0.6 is 0 Å². The van der Waals surface area contributed by atoms with Gasteiger partial charge in [-0.1, -0.05) is 55.4 Å². The first-order valence-corrected chi connectivity index (χ1v) is 9.17. The summed E-state index contributed by atoms with van der Waals surface area (Å²) in [5.74, 6) is 0.770. The lowest BCUT2D eigenvalue weighted by molar-refractivity contribution is -0.159. The van der Waals surface area contributed by atoms with Gasteiger partial charge in [-0.25, -0.2) is 0 Å². The first kappa shape index (κ1) is 23.7. The van der Waals surface area contributed by atoms with E-state index in [4.69, 9.17) is 4.74 Å². The third kappa shape index (κ3) is 8.77. The Hall–Kier alpha value is -0.570. The Bertz CT molecular complexity index is 277. The molecule has 0 aromatic carbocycles. The Morgan fingerprint density at radius 3 is 2.00 bits per heavy atom. The molecule has 0 amide bonds. The van der Waals surface area contributed by atoms with Gasteiger partial charge in [0.15, 0.2) is 0 Å². The molecule has 0 aromatic heterocycles. The van der Waals surface area contributed by atoms with Crippen molar-refractivity contribution >= 4 is 5.97 Å². The van der Waals surface area contributed by atoms with Gasteiger partial charge in [-0.3, -0.25) is 4.79 Å². The number of esters is 1. The lowest BCUT2D eigenvalue weighted by Crippen LogP contribution is -2.38. The number of likely N-dealkylation sites (N-methyl/N-ethyl adjacent to an activating group) is 1. The topological polar surface area (TPSA) is 29.5 Å². The normalized spacial score (nSPS) is 13.8. The van der Waals surface area contributed by atoms with Gasteiger partial charge in [-0.05, 0) is 44.7 Å². The van der Waals surface area contributed by atoms with Crippen molar-refractivity contribution in [2.45, 2.75) is 75.2 Å². The molecule has 134 valence electrons. The van der Waals surface area contributed by atoms with Gasteiger partial charge >= 0.3 is 5.97 Å². The smallest absolute Gasteiger partial charge is 0.312 e. The molecule has 3 heteroatoms. The molecule has 0 saturated carbocycles. The van der Waals surface area contributed by atoms with Gasteiger partial charge in [-0.2, -0.15) is 0 Å². The quantitative estimate of drug-likeness (QED) is 0.532. The van der Waals surface area contributed by atoms with Gasteiger partial charge in [0.2, 0.25) is 0 Å². The molecule has 0 N–H and O–H groups in total. The predicted molar refractivity (Wildman–Crippen MR) is 97.1 cm³/mol. The van der Waals surface area contributed by atoms with Crippen LogP contribution in [0.4, 0.5) is 0 Å². The molecule has 0 bridgehead atoms. The lowest BCUT2D eigenvalue weighted by Gasteiger charge is -2.33. The number of hydrogen-bond acceptors (Lipinski definition) is 3. The van der Waals surface area contributed by atoms with E-state index in [0.717, 1.165) is 32.5 Å². The van der Waals surface area contributed by atoms with Crippen LogP contribution in [0.25, 0.3) is 0 Å². The summed E-state index contributed by atoms with van der Waals surface area (Å²) in [6.45, 7) is 22.3. The Morgan fingerprint density at radius 2 is 1.64 bits per heavy atom. The molecule has 0 saturated heterocycles. The van der Waals surface area contributed by atoms with Gasteiger partial charge in [0, 0.05) is 6.54 Å². The number of hydrogen-bond donors (Lipinski definition) is 0. The van der Waals surface area contributed by atoms with E-state index in [1.165, 1.54) is 0 Å². The van der Waals surface area contributed by atoms with Crippen molar-refractivity contribution in [1.82, 2.24) is 4.90 Å². The second-order valence-electron chi connectivity index (χ2n) is 6.74. The van der Waals surface area contributed by atoms with E-state index in [-0.39, 0.29) is 11.4 Å². The van der Waals surface area contributed by atoms with Crippen LogP contribution in [-0.2, 0) is 9.53 Å². The second-order valence-corrected chi connectivity index (χ2v) is 6.74. The fourth-order valence-corrected chi connectivity index (χ4v) is 2.58. The summed E-state index contributed by atoms with van der Waals surface area (Å²) < 4.78 is 5.57. The van der Waals surface area contributed by atoms with Crippen molar-refractivity contribution in [3.05, 3.63) is 0 Å². The highest BCUT2D eigenvalue weighted by molar-refractivity contribution is 5.76. The Balaban J connectivity index is 0. The molecule has 0 aromatic rings. The number of carbonyl (C=O) groups excluding carboxylic acids is 1. The van der Waals surface area contributed by atoms with E-state index >= 15 is 0 Å². The van der Waals surface area contributed by atoms with Crippen LogP contribution in [0.5, 0.6) is 0 Å². The molecule has 0 fully saturated rings. The minimum Gasteiger partial charge on any atom is -0.464 e. The number of carbonyl (C=O) groups is 1. The monoisotopic (exact) mass is 315 g/mol. The third-order valence-electron chi connectivity index (χ3n) is 4.20. The van der Waals surface area contributed by atoms with Crippen molar-refractivity contribution in [3.8, 4) is 0 Å². The van der Waals surface area contributed by atoms with Gasteiger partial charge in [0.25, 0.3) is 0 Å². The third-order valence-corrected chi connectivity index (χ3v) is 4.20. The van der Waals surface area contributed by atoms with Crippen molar-refractivity contribution in [1.29, 1.82) is 0 Å². The summed E-state index contributed by atoms with van der Waals surface area (Å²) in [6.07, 6.45) is 2.02. The molecule has 0 aliphatic heterocycles. The lowest BCUT2D eigenvalue weighted by atomic mass is 9.73. The van der Waals surface area contributed by atoms with Crippen LogP contribution in [0, 0.1) is 17.3 Å². The van der Waals surface area contributed by atoms with Gasteiger partial charge in [0.05, 0.1) is 5.41 Å². The molecule has 0 aliphatic rings. The van der Waals surface area contributed by atoms with Gasteiger partial charge < -0.3 is 9.64 Å². The number of nitrogens with zero attached hydrogens (tertiary/aromatic N) is 1. The van der Waals surface area contributed by atoms with Crippen LogP contribution in [0.2, 0.25) is 0 Å². The van der Waals surface area contributed by atoms with E-state index in [2.05, 4.69) is 46.4 Å². The molecule has 0 aliphatic carbocycles. The van der Waals surface area contributed by atoms with E-state index in [1.807, 2.05) is 20.8 Å². The molecule has 3 nitrogen and oxygen atoms in total. The highest BCUT2D eigenvalue weighted by atomic mass is 16.5. The maximum Gasteiger partial charge on any atom is 0.312 e. The summed E-state index contributed by atoms with van der Waals surface area (Å²) in [5.41, 5.74) is -0.365. The van der Waals surface area contributed by atoms with Crippen LogP contribution in [-0.4, -0.2) is 37.1 Å². The molecule has 22 heavy (non-hydrogen) atoms. The number of rotatable bonds is 10. The first-order chi connectivity index (χ1) is 10.3. The molecular formula is C19H41NO2. The van der Waals surface area contributed by atoms with E-state index < -0.39 is 0 Å². The van der Waals surface area contributed by atoms with E-state index in [9.17, 15) is 4.79 Å². The molecule has 0 radical (unpaired) electrons. The number of ether oxygens (including phenoxy) is 1. The van der Waals surface area contributed by atoms with Gasteiger partial charge in [-0.15, -0.1) is 0 Å². The largest absolute Gasteiger partial charge is 0.464 e. The van der Waals surface area contributed by atoms with Gasteiger partial charge in [0.1, 0.15) is 6.61 Å². The Morgan fingerprint density at radius 1 is 1.09 bits per heavy atom. The molecule has 1 unspecified atom stereocenters. The molecule has 1 atom stereocenters. The van der Waals surface area contributed by atoms with E-state index in [0.29, 0.717) is 18.4 Å². The zero-order valence-corrected chi connectivity index (χ0v) is 16.7. The van der Waals surface area contributed by atoms with Crippen LogP contribution in [0.1, 0.15) is 75.2 Å². The molecule has 0 heterocycles. The summed E-state index contributed by atoms with van der Waals surface area (Å²) >= 11 is 0. The standard InChI is InChI=1S/C17H35NO2.C2H6/c1-8-10-18(9-2)11-12-20-16(19)17(7,15(5)6)13-14(3)4;1-2/h14-15H,8-13H2,1-7H3;1-2H3. The first-order valence-electron chi connectivity index (χ1n) is 9.17. The summed E-state index contributed by atoms with van der Waals surface area (Å²) in [6, 6.07) is 0. The maximum absolute atomic E-state index is 12.4. The minimum absolute atomic E-state index is 0.0336. The highest BCUT2D eigenvalue weighted by Gasteiger charge is 2.38.